The van der Waals surface area contributed by atoms with Crippen molar-refractivity contribution in [3.8, 4) is 0 Å². The van der Waals surface area contributed by atoms with Crippen LogP contribution < -0.4 is 10.6 Å². The zero-order valence-electron chi connectivity index (χ0n) is 21.4. The molecule has 38 heavy (non-hydrogen) atoms. The van der Waals surface area contributed by atoms with Crippen LogP contribution in [0.25, 0.3) is 0 Å². The second-order valence-electron chi connectivity index (χ2n) is 9.88. The molecule has 0 spiro atoms. The molecule has 0 aliphatic heterocycles. The van der Waals surface area contributed by atoms with E-state index in [0.717, 1.165) is 58.0 Å². The number of rotatable bonds is 8. The predicted octanol–water partition coefficient (Wildman–Crippen LogP) is 5.81. The van der Waals surface area contributed by atoms with Crippen LogP contribution in [-0.4, -0.2) is 32.2 Å². The van der Waals surface area contributed by atoms with Crippen LogP contribution in [-0.2, 0) is 22.4 Å². The largest absolute Gasteiger partial charge is 0.300 e. The molecule has 10 heteroatoms. The molecule has 0 bridgehead atoms. The van der Waals surface area contributed by atoms with Gasteiger partial charge in [-0.3, -0.25) is 9.59 Å². The summed E-state index contributed by atoms with van der Waals surface area (Å²) in [6, 6.07) is 15.9. The van der Waals surface area contributed by atoms with Crippen LogP contribution in [0.5, 0.6) is 0 Å². The average Bonchev–Trinajstić information content (AvgIpc) is 3.54. The minimum Gasteiger partial charge on any atom is -0.300 e. The molecule has 4 aromatic rings. The van der Waals surface area contributed by atoms with Crippen molar-refractivity contribution in [1.82, 2.24) is 20.4 Å². The zero-order chi connectivity index (χ0) is 26.5. The Labute approximate surface area is 229 Å². The number of hydrogen-bond acceptors (Lipinski definition) is 8. The molecule has 0 saturated heterocycles. The molecule has 2 N–H and O–H groups in total. The van der Waals surface area contributed by atoms with E-state index in [0.29, 0.717) is 23.1 Å². The van der Waals surface area contributed by atoms with Gasteiger partial charge in [0.25, 0.3) is 0 Å². The average molecular weight is 547 g/mol. The summed E-state index contributed by atoms with van der Waals surface area (Å²) in [5.41, 5.74) is 4.22. The maximum atomic E-state index is 12.5. The lowest BCUT2D eigenvalue weighted by atomic mass is 9.82. The minimum atomic E-state index is -0.0920. The number of carbonyl (C=O) groups is 2. The molecule has 1 aliphatic carbocycles. The molecular formula is C28H30N6O2S2. The molecule has 0 radical (unpaired) electrons. The number of benzene rings is 2. The molecule has 8 nitrogen and oxygen atoms in total. The second-order valence-corrected chi connectivity index (χ2v) is 11.9. The third-order valence-electron chi connectivity index (χ3n) is 6.64. The van der Waals surface area contributed by atoms with Crippen molar-refractivity contribution < 1.29 is 9.59 Å². The number of nitrogens with one attached hydrogen (secondary N) is 2. The lowest BCUT2D eigenvalue weighted by Crippen LogP contribution is -2.14. The summed E-state index contributed by atoms with van der Waals surface area (Å²) in [6.07, 6.45) is 4.63. The first-order valence-corrected chi connectivity index (χ1v) is 14.4. The Balaban J connectivity index is 1.15. The lowest BCUT2D eigenvalue weighted by molar-refractivity contribution is -0.116. The summed E-state index contributed by atoms with van der Waals surface area (Å²) in [5, 5.41) is 26.0. The van der Waals surface area contributed by atoms with Crippen LogP contribution in [0.15, 0.2) is 48.5 Å². The Morgan fingerprint density at radius 1 is 0.763 bits per heavy atom. The predicted molar refractivity (Wildman–Crippen MR) is 151 cm³/mol. The van der Waals surface area contributed by atoms with Gasteiger partial charge in [0.05, 0.1) is 12.8 Å². The fraction of sp³-hybridized carbons (Fsp3) is 0.357. The number of anilines is 2. The monoisotopic (exact) mass is 546 g/mol. The summed E-state index contributed by atoms with van der Waals surface area (Å²) in [5.74, 6) is 0.338. The van der Waals surface area contributed by atoms with E-state index in [2.05, 4.69) is 31.0 Å². The van der Waals surface area contributed by atoms with E-state index < -0.39 is 0 Å². The van der Waals surface area contributed by atoms with Crippen LogP contribution in [0.3, 0.4) is 0 Å². The van der Waals surface area contributed by atoms with Crippen molar-refractivity contribution >= 4 is 44.8 Å². The number of nitrogens with zero attached hydrogens (tertiary/aromatic N) is 4. The van der Waals surface area contributed by atoms with Gasteiger partial charge in [-0.25, -0.2) is 0 Å². The molecule has 2 aromatic heterocycles. The molecule has 5 rings (SSSR count). The van der Waals surface area contributed by atoms with E-state index in [9.17, 15) is 9.59 Å². The molecule has 1 saturated carbocycles. The third kappa shape index (κ3) is 6.87. The molecule has 1 aliphatic rings. The molecule has 2 aromatic carbocycles. The number of aryl methyl sites for hydroxylation is 2. The Hall–Kier alpha value is -3.50. The van der Waals surface area contributed by atoms with Gasteiger partial charge in [-0.1, -0.05) is 88.8 Å². The van der Waals surface area contributed by atoms with Gasteiger partial charge in [-0.2, -0.15) is 0 Å². The SMILES string of the molecule is Cc1cccc(CC(=O)Nc2nnc([C@H]3CCC[C@H](c4nnc(NC(=O)Cc5cccc(C)c5)s4)C3)s2)c1. The first-order chi connectivity index (χ1) is 18.4. The van der Waals surface area contributed by atoms with Crippen LogP contribution in [0, 0.1) is 13.8 Å². The number of aromatic nitrogens is 4. The Morgan fingerprint density at radius 2 is 1.24 bits per heavy atom. The highest BCUT2D eigenvalue weighted by Crippen LogP contribution is 2.43. The normalized spacial score (nSPS) is 17.2. The number of carbonyl (C=O) groups excluding carboxylic acids is 2. The van der Waals surface area contributed by atoms with Gasteiger partial charge >= 0.3 is 0 Å². The number of amides is 2. The van der Waals surface area contributed by atoms with Crippen molar-refractivity contribution in [2.45, 2.75) is 64.2 Å². The summed E-state index contributed by atoms with van der Waals surface area (Å²) in [4.78, 5) is 25.0. The van der Waals surface area contributed by atoms with E-state index in [1.165, 1.54) is 22.7 Å². The van der Waals surface area contributed by atoms with Gasteiger partial charge in [0.1, 0.15) is 10.0 Å². The summed E-state index contributed by atoms with van der Waals surface area (Å²) >= 11 is 2.90. The quantitative estimate of drug-likeness (QED) is 0.289. The summed E-state index contributed by atoms with van der Waals surface area (Å²) in [7, 11) is 0. The summed E-state index contributed by atoms with van der Waals surface area (Å²) < 4.78 is 0. The molecule has 196 valence electrons. The molecule has 2 amide bonds. The lowest BCUT2D eigenvalue weighted by Gasteiger charge is -2.25. The fourth-order valence-electron chi connectivity index (χ4n) is 4.88. The molecule has 1 fully saturated rings. The van der Waals surface area contributed by atoms with E-state index >= 15 is 0 Å². The first kappa shape index (κ1) is 26.1. The van der Waals surface area contributed by atoms with Crippen LogP contribution in [0.2, 0.25) is 0 Å². The third-order valence-corrected chi connectivity index (χ3v) is 8.64. The maximum Gasteiger partial charge on any atom is 0.230 e. The highest BCUT2D eigenvalue weighted by Gasteiger charge is 2.29. The van der Waals surface area contributed by atoms with Gasteiger partial charge < -0.3 is 10.6 Å². The molecule has 2 atom stereocenters. The molecule has 2 heterocycles. The smallest absolute Gasteiger partial charge is 0.230 e. The molecular weight excluding hydrogens is 516 g/mol. The van der Waals surface area contributed by atoms with E-state index in [1.54, 1.807) is 0 Å². The minimum absolute atomic E-state index is 0.0920. The van der Waals surface area contributed by atoms with Crippen molar-refractivity contribution in [2.75, 3.05) is 10.6 Å². The maximum absolute atomic E-state index is 12.5. The van der Waals surface area contributed by atoms with E-state index in [4.69, 9.17) is 0 Å². The topological polar surface area (TPSA) is 110 Å². The molecule has 0 unspecified atom stereocenters. The second kappa shape index (κ2) is 11.9. The fourth-order valence-corrected chi connectivity index (χ4v) is 6.69. The Kier molecular flexibility index (Phi) is 8.19. The Morgan fingerprint density at radius 3 is 1.68 bits per heavy atom. The number of hydrogen-bond donors (Lipinski definition) is 2. The van der Waals surface area contributed by atoms with E-state index in [-0.39, 0.29) is 23.7 Å². The van der Waals surface area contributed by atoms with Crippen molar-refractivity contribution in [3.63, 3.8) is 0 Å². The van der Waals surface area contributed by atoms with Crippen molar-refractivity contribution in [1.29, 1.82) is 0 Å². The van der Waals surface area contributed by atoms with E-state index in [1.807, 2.05) is 62.4 Å². The highest BCUT2D eigenvalue weighted by atomic mass is 32.1. The highest BCUT2D eigenvalue weighted by molar-refractivity contribution is 7.15. The van der Waals surface area contributed by atoms with Gasteiger partial charge in [-0.15, -0.1) is 20.4 Å². The van der Waals surface area contributed by atoms with Crippen molar-refractivity contribution in [2.24, 2.45) is 0 Å². The zero-order valence-corrected chi connectivity index (χ0v) is 23.1. The van der Waals surface area contributed by atoms with Crippen LogP contribution in [0.4, 0.5) is 10.3 Å². The van der Waals surface area contributed by atoms with Gasteiger partial charge in [0, 0.05) is 11.8 Å². The van der Waals surface area contributed by atoms with Gasteiger partial charge in [0.2, 0.25) is 22.1 Å². The Bertz CT molecular complexity index is 1330. The standard InChI is InChI=1S/C28H30N6O2S2/c1-17-6-3-8-19(12-17)14-23(35)29-27-33-31-25(37-27)21-10-5-11-22(16-21)26-32-34-28(38-26)30-24(36)15-20-9-4-7-18(2)13-20/h3-4,6-9,12-13,21-22H,5,10-11,14-16H2,1-2H3,(H,29,33,35)(H,30,34,36)/t21-,22-/m0/s1. The van der Waals surface area contributed by atoms with Crippen molar-refractivity contribution in [3.05, 3.63) is 80.8 Å². The van der Waals surface area contributed by atoms with Gasteiger partial charge in [0.15, 0.2) is 0 Å². The summed E-state index contributed by atoms with van der Waals surface area (Å²) in [6.45, 7) is 4.03. The van der Waals surface area contributed by atoms with Crippen LogP contribution >= 0.6 is 22.7 Å². The first-order valence-electron chi connectivity index (χ1n) is 12.8. The van der Waals surface area contributed by atoms with Gasteiger partial charge in [-0.05, 0) is 44.2 Å². The van der Waals surface area contributed by atoms with Crippen LogP contribution in [0.1, 0.15) is 69.8 Å².